The molecular formula is C17H20Cl2N2O3. The standard InChI is InChI=1S/C17H20Cl2N2O3/c18-11-8-13(16(23)14(19)9-11)17(24)20-12-3-5-21(6-4-12)15(22)7-10-1-2-10/h8-10,12,23H,1-7H2,(H,20,24). The molecule has 2 fully saturated rings. The van der Waals surface area contributed by atoms with Gasteiger partial charge in [-0.3, -0.25) is 9.59 Å². The molecule has 2 amide bonds. The lowest BCUT2D eigenvalue weighted by molar-refractivity contribution is -0.132. The molecule has 3 rings (SSSR count). The van der Waals surface area contributed by atoms with Crippen molar-refractivity contribution in [3.63, 3.8) is 0 Å². The highest BCUT2D eigenvalue weighted by molar-refractivity contribution is 6.36. The normalized spacial score (nSPS) is 18.5. The summed E-state index contributed by atoms with van der Waals surface area (Å²) >= 11 is 11.7. The van der Waals surface area contributed by atoms with Gasteiger partial charge in [0.05, 0.1) is 10.6 Å². The summed E-state index contributed by atoms with van der Waals surface area (Å²) in [6.07, 6.45) is 4.41. The Morgan fingerprint density at radius 3 is 2.46 bits per heavy atom. The molecule has 1 aliphatic carbocycles. The summed E-state index contributed by atoms with van der Waals surface area (Å²) in [6.45, 7) is 1.30. The van der Waals surface area contributed by atoms with Gasteiger partial charge in [-0.2, -0.15) is 0 Å². The predicted octanol–water partition coefficient (Wildman–Crippen LogP) is 3.22. The average Bonchev–Trinajstić information content (AvgIpc) is 3.35. The number of carbonyl (C=O) groups excluding carboxylic acids is 2. The van der Waals surface area contributed by atoms with Gasteiger partial charge in [-0.15, -0.1) is 0 Å². The zero-order valence-electron chi connectivity index (χ0n) is 13.2. The molecule has 1 aromatic carbocycles. The highest BCUT2D eigenvalue weighted by atomic mass is 35.5. The number of carbonyl (C=O) groups is 2. The smallest absolute Gasteiger partial charge is 0.255 e. The van der Waals surface area contributed by atoms with E-state index in [0.29, 0.717) is 43.3 Å². The lowest BCUT2D eigenvalue weighted by Gasteiger charge is -2.32. The van der Waals surface area contributed by atoms with Gasteiger partial charge in [0, 0.05) is 30.6 Å². The maximum Gasteiger partial charge on any atom is 0.255 e. The number of rotatable bonds is 4. The van der Waals surface area contributed by atoms with Gasteiger partial charge in [-0.1, -0.05) is 23.2 Å². The van der Waals surface area contributed by atoms with Crippen LogP contribution in [0.2, 0.25) is 10.0 Å². The molecule has 2 aliphatic rings. The number of nitrogens with one attached hydrogen (secondary N) is 1. The molecule has 1 heterocycles. The summed E-state index contributed by atoms with van der Waals surface area (Å²) in [5, 5.41) is 13.2. The minimum atomic E-state index is -0.403. The van der Waals surface area contributed by atoms with E-state index in [4.69, 9.17) is 23.2 Å². The van der Waals surface area contributed by atoms with E-state index in [1.54, 1.807) is 0 Å². The van der Waals surface area contributed by atoms with E-state index < -0.39 is 5.91 Å². The quantitative estimate of drug-likeness (QED) is 0.854. The zero-order valence-corrected chi connectivity index (χ0v) is 14.7. The molecular weight excluding hydrogens is 351 g/mol. The molecule has 1 aromatic rings. The molecule has 0 atom stereocenters. The van der Waals surface area contributed by atoms with Crippen molar-refractivity contribution >= 4 is 35.0 Å². The number of nitrogens with zero attached hydrogens (tertiary/aromatic N) is 1. The average molecular weight is 371 g/mol. The topological polar surface area (TPSA) is 69.6 Å². The molecule has 24 heavy (non-hydrogen) atoms. The fraction of sp³-hybridized carbons (Fsp3) is 0.529. The van der Waals surface area contributed by atoms with E-state index in [0.717, 1.165) is 0 Å². The number of phenols is 1. The van der Waals surface area contributed by atoms with Gasteiger partial charge in [0.25, 0.3) is 5.91 Å². The van der Waals surface area contributed by atoms with Crippen LogP contribution in [0.15, 0.2) is 12.1 Å². The summed E-state index contributed by atoms with van der Waals surface area (Å²) in [4.78, 5) is 26.3. The minimum Gasteiger partial charge on any atom is -0.506 e. The molecule has 0 aromatic heterocycles. The summed E-state index contributed by atoms with van der Waals surface area (Å²) in [5.41, 5.74) is 0.0692. The summed E-state index contributed by atoms with van der Waals surface area (Å²) in [5.74, 6) is 0.141. The van der Waals surface area contributed by atoms with Crippen molar-refractivity contribution in [3.8, 4) is 5.75 Å². The van der Waals surface area contributed by atoms with Crippen molar-refractivity contribution in [2.24, 2.45) is 5.92 Å². The number of benzene rings is 1. The van der Waals surface area contributed by atoms with Crippen LogP contribution < -0.4 is 5.32 Å². The van der Waals surface area contributed by atoms with Crippen molar-refractivity contribution in [2.45, 2.75) is 38.1 Å². The van der Waals surface area contributed by atoms with Gasteiger partial charge in [-0.05, 0) is 43.7 Å². The van der Waals surface area contributed by atoms with Crippen LogP contribution >= 0.6 is 23.2 Å². The fourth-order valence-corrected chi connectivity index (χ4v) is 3.47. The Balaban J connectivity index is 1.54. The number of amides is 2. The van der Waals surface area contributed by atoms with Gasteiger partial charge < -0.3 is 15.3 Å². The predicted molar refractivity (Wildman–Crippen MR) is 92.5 cm³/mol. The number of hydrogen-bond donors (Lipinski definition) is 2. The molecule has 0 unspecified atom stereocenters. The first kappa shape index (κ1) is 17.4. The number of piperidine rings is 1. The van der Waals surface area contributed by atoms with E-state index >= 15 is 0 Å². The molecule has 7 heteroatoms. The van der Waals surface area contributed by atoms with Gasteiger partial charge >= 0.3 is 0 Å². The van der Waals surface area contributed by atoms with Crippen LogP contribution in [0.25, 0.3) is 0 Å². The molecule has 1 aliphatic heterocycles. The molecule has 0 bridgehead atoms. The van der Waals surface area contributed by atoms with Crippen molar-refractivity contribution in [2.75, 3.05) is 13.1 Å². The van der Waals surface area contributed by atoms with Gasteiger partial charge in [0.1, 0.15) is 5.75 Å². The summed E-state index contributed by atoms with van der Waals surface area (Å²) < 4.78 is 0. The second kappa shape index (κ2) is 7.19. The van der Waals surface area contributed by atoms with Crippen molar-refractivity contribution < 1.29 is 14.7 Å². The molecule has 0 spiro atoms. The Bertz CT molecular complexity index is 653. The van der Waals surface area contributed by atoms with Crippen LogP contribution in [0.1, 0.15) is 42.5 Å². The van der Waals surface area contributed by atoms with E-state index in [2.05, 4.69) is 5.32 Å². The maximum absolute atomic E-state index is 12.3. The van der Waals surface area contributed by atoms with E-state index in [-0.39, 0.29) is 28.3 Å². The first-order valence-corrected chi connectivity index (χ1v) is 8.96. The van der Waals surface area contributed by atoms with E-state index in [9.17, 15) is 14.7 Å². The lowest BCUT2D eigenvalue weighted by Crippen LogP contribution is -2.46. The molecule has 5 nitrogen and oxygen atoms in total. The van der Waals surface area contributed by atoms with E-state index in [1.165, 1.54) is 25.0 Å². The highest BCUT2D eigenvalue weighted by Gasteiger charge is 2.29. The van der Waals surface area contributed by atoms with Crippen LogP contribution in [-0.4, -0.2) is 41.0 Å². The Labute approximate surface area is 150 Å². The van der Waals surface area contributed by atoms with Gasteiger partial charge in [-0.25, -0.2) is 0 Å². The minimum absolute atomic E-state index is 0.0281. The van der Waals surface area contributed by atoms with Crippen LogP contribution in [-0.2, 0) is 4.79 Å². The third kappa shape index (κ3) is 4.14. The first-order valence-electron chi connectivity index (χ1n) is 8.20. The number of aromatic hydroxyl groups is 1. The van der Waals surface area contributed by atoms with Crippen molar-refractivity contribution in [3.05, 3.63) is 27.7 Å². The third-order valence-electron chi connectivity index (χ3n) is 4.62. The monoisotopic (exact) mass is 370 g/mol. The van der Waals surface area contributed by atoms with Crippen LogP contribution in [0.5, 0.6) is 5.75 Å². The number of likely N-dealkylation sites (tertiary alicyclic amines) is 1. The maximum atomic E-state index is 12.3. The Hall–Kier alpha value is -1.46. The van der Waals surface area contributed by atoms with Crippen LogP contribution in [0.3, 0.4) is 0 Å². The van der Waals surface area contributed by atoms with Crippen LogP contribution in [0.4, 0.5) is 0 Å². The molecule has 2 N–H and O–H groups in total. The van der Waals surface area contributed by atoms with Gasteiger partial charge in [0.2, 0.25) is 5.91 Å². The lowest BCUT2D eigenvalue weighted by atomic mass is 10.0. The number of phenolic OH excluding ortho intramolecular Hbond substituents is 1. The fourth-order valence-electron chi connectivity index (χ4n) is 2.97. The highest BCUT2D eigenvalue weighted by Crippen LogP contribution is 2.33. The second-order valence-corrected chi connectivity index (χ2v) is 7.40. The molecule has 1 saturated heterocycles. The molecule has 0 radical (unpaired) electrons. The SMILES string of the molecule is O=C(NC1CCN(C(=O)CC2CC2)CC1)c1cc(Cl)cc(Cl)c1O. The largest absolute Gasteiger partial charge is 0.506 e. The Kier molecular flexibility index (Phi) is 5.21. The van der Waals surface area contributed by atoms with E-state index in [1.807, 2.05) is 4.90 Å². The van der Waals surface area contributed by atoms with Crippen molar-refractivity contribution in [1.82, 2.24) is 10.2 Å². The summed E-state index contributed by atoms with van der Waals surface area (Å²) in [6, 6.07) is 2.76. The van der Waals surface area contributed by atoms with Crippen LogP contribution in [0, 0.1) is 5.92 Å². The third-order valence-corrected chi connectivity index (χ3v) is 5.12. The zero-order chi connectivity index (χ0) is 17.3. The first-order chi connectivity index (χ1) is 11.4. The second-order valence-electron chi connectivity index (χ2n) is 6.56. The molecule has 130 valence electrons. The Morgan fingerprint density at radius 2 is 1.83 bits per heavy atom. The molecule has 1 saturated carbocycles. The number of hydrogen-bond acceptors (Lipinski definition) is 3. The number of halogens is 2. The van der Waals surface area contributed by atoms with Gasteiger partial charge in [0.15, 0.2) is 0 Å². The Morgan fingerprint density at radius 1 is 1.17 bits per heavy atom. The van der Waals surface area contributed by atoms with Crippen molar-refractivity contribution in [1.29, 1.82) is 0 Å². The summed E-state index contributed by atoms with van der Waals surface area (Å²) in [7, 11) is 0.